The monoisotopic (exact) mass is 408 g/mol. The molecule has 0 aromatic heterocycles. The first-order valence-electron chi connectivity index (χ1n) is 8.57. The number of benzene rings is 1. The molecule has 0 radical (unpaired) electrons. The summed E-state index contributed by atoms with van der Waals surface area (Å²) in [5.74, 6) is -0.434. The zero-order valence-electron chi connectivity index (χ0n) is 15.0. The maximum atomic E-state index is 12.8. The molecule has 1 aromatic rings. The van der Waals surface area contributed by atoms with Gasteiger partial charge in [-0.3, -0.25) is 9.69 Å². The van der Waals surface area contributed by atoms with Gasteiger partial charge in [-0.05, 0) is 32.0 Å². The number of alkyl halides is 3. The Kier molecular flexibility index (Phi) is 6.94. The van der Waals surface area contributed by atoms with E-state index < -0.39 is 23.7 Å². The van der Waals surface area contributed by atoms with Crippen molar-refractivity contribution in [3.05, 3.63) is 28.8 Å². The second-order valence-corrected chi connectivity index (χ2v) is 6.65. The number of nitrogens with one attached hydrogen (secondary N) is 2. The fraction of sp³-hybridized carbons (Fsp3) is 0.529. The Morgan fingerprint density at radius 2 is 1.96 bits per heavy atom. The molecular formula is C17H22ClF3N3O3+. The highest BCUT2D eigenvalue weighted by Gasteiger charge is 2.33. The maximum absolute atomic E-state index is 12.8. The predicted molar refractivity (Wildman–Crippen MR) is 93.8 cm³/mol. The van der Waals surface area contributed by atoms with Crippen LogP contribution >= 0.6 is 11.6 Å². The van der Waals surface area contributed by atoms with Gasteiger partial charge in [0, 0.05) is 0 Å². The van der Waals surface area contributed by atoms with Gasteiger partial charge in [0.25, 0.3) is 5.91 Å². The predicted octanol–water partition coefficient (Wildman–Crippen LogP) is 2.04. The number of amides is 2. The molecule has 1 atom stereocenters. The van der Waals surface area contributed by atoms with Crippen molar-refractivity contribution < 1.29 is 32.4 Å². The summed E-state index contributed by atoms with van der Waals surface area (Å²) in [7, 11) is 0. The van der Waals surface area contributed by atoms with Crippen LogP contribution in [-0.4, -0.2) is 55.7 Å². The van der Waals surface area contributed by atoms with Crippen LogP contribution in [0.25, 0.3) is 0 Å². The first-order chi connectivity index (χ1) is 12.6. The van der Waals surface area contributed by atoms with E-state index in [-0.39, 0.29) is 16.8 Å². The van der Waals surface area contributed by atoms with Crippen LogP contribution in [0.5, 0.6) is 0 Å². The third-order valence-electron chi connectivity index (χ3n) is 4.49. The third-order valence-corrected chi connectivity index (χ3v) is 4.82. The van der Waals surface area contributed by atoms with Crippen molar-refractivity contribution in [3.63, 3.8) is 0 Å². The Balaban J connectivity index is 1.98. The van der Waals surface area contributed by atoms with Crippen molar-refractivity contribution in [2.24, 2.45) is 0 Å². The molecule has 27 heavy (non-hydrogen) atoms. The number of piperazine rings is 1. The summed E-state index contributed by atoms with van der Waals surface area (Å²) in [6.07, 6.45) is -4.91. The number of hydrogen-bond donors (Lipinski definition) is 2. The highest BCUT2D eigenvalue weighted by Crippen LogP contribution is 2.33. The summed E-state index contributed by atoms with van der Waals surface area (Å²) in [5.41, 5.74) is -0.960. The van der Waals surface area contributed by atoms with Crippen LogP contribution in [0.1, 0.15) is 19.4 Å². The molecule has 2 N–H and O–H groups in total. The fourth-order valence-corrected chi connectivity index (χ4v) is 3.01. The van der Waals surface area contributed by atoms with E-state index in [1.807, 2.05) is 0 Å². The minimum atomic E-state index is -4.52. The molecule has 1 fully saturated rings. The third kappa shape index (κ3) is 5.49. The Labute approximate surface area is 160 Å². The Hall–Kier alpha value is -2.00. The summed E-state index contributed by atoms with van der Waals surface area (Å²) >= 11 is 5.92. The van der Waals surface area contributed by atoms with E-state index in [1.165, 1.54) is 0 Å². The number of ether oxygens (including phenoxy) is 1. The molecule has 0 unspecified atom stereocenters. The van der Waals surface area contributed by atoms with Crippen LogP contribution in [0, 0.1) is 0 Å². The van der Waals surface area contributed by atoms with Gasteiger partial charge in [0.1, 0.15) is 0 Å². The van der Waals surface area contributed by atoms with Gasteiger partial charge in [0.2, 0.25) is 0 Å². The molecule has 1 saturated heterocycles. The molecule has 150 valence electrons. The standard InChI is InChI=1S/C17H21ClF3N3O3/c1-3-27-16(26)24-8-6-23(7-9-24)11(2)15(25)22-14-10-12(17(19,20)21)4-5-13(14)18/h4-5,10-11H,3,6-9H2,1-2H3,(H,22,25)/p+1/t11-/m0/s1. The van der Waals surface area contributed by atoms with Crippen LogP contribution in [0.2, 0.25) is 5.02 Å². The van der Waals surface area contributed by atoms with E-state index >= 15 is 0 Å². The lowest BCUT2D eigenvalue weighted by atomic mass is 10.1. The second kappa shape index (κ2) is 8.79. The van der Waals surface area contributed by atoms with Crippen molar-refractivity contribution in [2.45, 2.75) is 26.1 Å². The first-order valence-corrected chi connectivity index (χ1v) is 8.95. The maximum Gasteiger partial charge on any atom is 0.416 e. The molecule has 10 heteroatoms. The topological polar surface area (TPSA) is 63.1 Å². The van der Waals surface area contributed by atoms with Gasteiger partial charge < -0.3 is 15.0 Å². The second-order valence-electron chi connectivity index (χ2n) is 6.25. The molecule has 0 bridgehead atoms. The molecule has 2 amide bonds. The van der Waals surface area contributed by atoms with Gasteiger partial charge in [0.15, 0.2) is 6.04 Å². The number of nitrogens with zero attached hydrogens (tertiary/aromatic N) is 1. The summed E-state index contributed by atoms with van der Waals surface area (Å²) in [4.78, 5) is 26.7. The van der Waals surface area contributed by atoms with Crippen molar-refractivity contribution in [3.8, 4) is 0 Å². The van der Waals surface area contributed by atoms with Gasteiger partial charge in [-0.25, -0.2) is 4.79 Å². The Morgan fingerprint density at radius 3 is 2.52 bits per heavy atom. The average molecular weight is 409 g/mol. The number of anilines is 1. The van der Waals surface area contributed by atoms with Crippen molar-refractivity contribution >= 4 is 29.3 Å². The molecule has 0 spiro atoms. The van der Waals surface area contributed by atoms with Gasteiger partial charge in [-0.2, -0.15) is 13.2 Å². The average Bonchev–Trinajstić information content (AvgIpc) is 2.62. The summed E-state index contributed by atoms with van der Waals surface area (Å²) in [5, 5.41) is 2.51. The van der Waals surface area contributed by atoms with Gasteiger partial charge in [0.05, 0.1) is 49.1 Å². The lowest BCUT2D eigenvalue weighted by Gasteiger charge is -2.34. The van der Waals surface area contributed by atoms with Crippen LogP contribution < -0.4 is 10.2 Å². The number of halogens is 4. The van der Waals surface area contributed by atoms with E-state index in [4.69, 9.17) is 16.3 Å². The largest absolute Gasteiger partial charge is 0.450 e. The zero-order chi connectivity index (χ0) is 20.2. The molecule has 1 aliphatic heterocycles. The number of hydrogen-bond acceptors (Lipinski definition) is 3. The zero-order valence-corrected chi connectivity index (χ0v) is 15.8. The van der Waals surface area contributed by atoms with E-state index in [0.717, 1.165) is 23.1 Å². The fourth-order valence-electron chi connectivity index (χ4n) is 2.85. The summed E-state index contributed by atoms with van der Waals surface area (Å²) in [6.45, 7) is 5.65. The van der Waals surface area contributed by atoms with Crippen molar-refractivity contribution in [2.75, 3.05) is 38.1 Å². The lowest BCUT2D eigenvalue weighted by Crippen LogP contribution is -3.19. The Morgan fingerprint density at radius 1 is 1.33 bits per heavy atom. The highest BCUT2D eigenvalue weighted by molar-refractivity contribution is 6.33. The number of carbonyl (C=O) groups is 2. The molecule has 1 aromatic carbocycles. The van der Waals surface area contributed by atoms with Crippen LogP contribution in [0.4, 0.5) is 23.7 Å². The minimum absolute atomic E-state index is 0.0330. The highest BCUT2D eigenvalue weighted by atomic mass is 35.5. The van der Waals surface area contributed by atoms with Crippen LogP contribution in [0.3, 0.4) is 0 Å². The first kappa shape index (κ1) is 21.3. The molecule has 1 heterocycles. The van der Waals surface area contributed by atoms with Crippen molar-refractivity contribution in [1.82, 2.24) is 4.90 Å². The quantitative estimate of drug-likeness (QED) is 0.801. The molecule has 6 nitrogen and oxygen atoms in total. The van der Waals surface area contributed by atoms with E-state index in [0.29, 0.717) is 32.8 Å². The number of quaternary nitrogens is 1. The van der Waals surface area contributed by atoms with E-state index in [9.17, 15) is 22.8 Å². The number of carbonyl (C=O) groups excluding carboxylic acids is 2. The minimum Gasteiger partial charge on any atom is -0.450 e. The number of rotatable bonds is 4. The van der Waals surface area contributed by atoms with E-state index in [2.05, 4.69) is 5.32 Å². The molecule has 1 aliphatic rings. The molecule has 0 saturated carbocycles. The van der Waals surface area contributed by atoms with E-state index in [1.54, 1.807) is 18.7 Å². The molecule has 2 rings (SSSR count). The Bertz CT molecular complexity index is 692. The SMILES string of the molecule is CCOC(=O)N1CC[NH+]([C@@H](C)C(=O)Nc2cc(C(F)(F)F)ccc2Cl)CC1. The van der Waals surface area contributed by atoms with Gasteiger partial charge in [-0.1, -0.05) is 11.6 Å². The lowest BCUT2D eigenvalue weighted by molar-refractivity contribution is -0.917. The smallest absolute Gasteiger partial charge is 0.416 e. The summed E-state index contributed by atoms with van der Waals surface area (Å²) < 4.78 is 43.5. The van der Waals surface area contributed by atoms with Gasteiger partial charge in [-0.15, -0.1) is 0 Å². The molecular weight excluding hydrogens is 387 g/mol. The van der Waals surface area contributed by atoms with Crippen molar-refractivity contribution in [1.29, 1.82) is 0 Å². The van der Waals surface area contributed by atoms with Crippen LogP contribution in [0.15, 0.2) is 18.2 Å². The normalized spacial score (nSPS) is 16.7. The van der Waals surface area contributed by atoms with Crippen LogP contribution in [-0.2, 0) is 15.7 Å². The van der Waals surface area contributed by atoms with Gasteiger partial charge >= 0.3 is 12.3 Å². The molecule has 0 aliphatic carbocycles. The summed E-state index contributed by atoms with van der Waals surface area (Å²) in [6, 6.07) is 2.28.